The van der Waals surface area contributed by atoms with Crippen LogP contribution in [0.1, 0.15) is 32.1 Å². The molecule has 2 fully saturated rings. The van der Waals surface area contributed by atoms with Crippen molar-refractivity contribution in [3.05, 3.63) is 12.4 Å². The number of aromatic nitrogens is 2. The molecule has 1 aromatic rings. The maximum absolute atomic E-state index is 9.42. The first-order valence-corrected chi connectivity index (χ1v) is 8.38. The Hall–Kier alpha value is -1.40. The first-order chi connectivity index (χ1) is 10.9. The topological polar surface area (TPSA) is 70.5 Å². The molecule has 0 amide bonds. The van der Waals surface area contributed by atoms with Gasteiger partial charge in [-0.15, -0.1) is 0 Å². The maximum atomic E-state index is 9.42. The summed E-state index contributed by atoms with van der Waals surface area (Å²) in [5.41, 5.74) is 0. The van der Waals surface area contributed by atoms with Crippen LogP contribution in [0.4, 0.5) is 11.6 Å². The Kier molecular flexibility index (Phi) is 5.45. The molecule has 1 aliphatic carbocycles. The number of nitrogens with zero attached hydrogens (tertiary/aromatic N) is 3. The van der Waals surface area contributed by atoms with Gasteiger partial charge in [0.15, 0.2) is 0 Å². The number of hydrogen-bond acceptors (Lipinski definition) is 6. The fraction of sp³-hybridized carbons (Fsp3) is 0.750. The second kappa shape index (κ2) is 7.74. The zero-order valence-corrected chi connectivity index (χ0v) is 13.1. The standard InChI is InChI=1S/C16H26N4O2/c21-10-14-3-1-7-20(14)16-9-15(18-12-19-16)17-6-2-8-22-11-13-4-5-13/h9,12-14,21H,1-8,10-11H2,(H,17,18,19)/t14-/m0/s1. The van der Waals surface area contributed by atoms with Crippen LogP contribution in [0.5, 0.6) is 0 Å². The van der Waals surface area contributed by atoms with Gasteiger partial charge in [-0.2, -0.15) is 0 Å². The first kappa shape index (κ1) is 15.5. The molecule has 1 atom stereocenters. The summed E-state index contributed by atoms with van der Waals surface area (Å²) in [6.45, 7) is 3.72. The van der Waals surface area contributed by atoms with Crippen molar-refractivity contribution < 1.29 is 9.84 Å². The predicted octanol–water partition coefficient (Wildman–Crippen LogP) is 1.67. The molecule has 6 heteroatoms. The molecule has 122 valence electrons. The average Bonchev–Trinajstić information content (AvgIpc) is 3.25. The lowest BCUT2D eigenvalue weighted by atomic mass is 10.2. The van der Waals surface area contributed by atoms with Crippen LogP contribution >= 0.6 is 0 Å². The summed E-state index contributed by atoms with van der Waals surface area (Å²) in [7, 11) is 0. The number of hydrogen-bond donors (Lipinski definition) is 2. The van der Waals surface area contributed by atoms with Crippen molar-refractivity contribution >= 4 is 11.6 Å². The van der Waals surface area contributed by atoms with E-state index in [0.717, 1.165) is 63.1 Å². The fourth-order valence-electron chi connectivity index (χ4n) is 2.85. The third-order valence-electron chi connectivity index (χ3n) is 4.36. The minimum atomic E-state index is 0.186. The summed E-state index contributed by atoms with van der Waals surface area (Å²) in [6, 6.07) is 2.16. The van der Waals surface area contributed by atoms with Gasteiger partial charge in [-0.3, -0.25) is 0 Å². The predicted molar refractivity (Wildman–Crippen MR) is 86.1 cm³/mol. The fourth-order valence-corrected chi connectivity index (χ4v) is 2.85. The molecule has 0 unspecified atom stereocenters. The Morgan fingerprint density at radius 3 is 3.05 bits per heavy atom. The maximum Gasteiger partial charge on any atom is 0.134 e. The molecule has 1 saturated carbocycles. The summed E-state index contributed by atoms with van der Waals surface area (Å²) in [5, 5.41) is 12.7. The van der Waals surface area contributed by atoms with Crippen molar-refractivity contribution in [1.82, 2.24) is 9.97 Å². The first-order valence-electron chi connectivity index (χ1n) is 8.38. The number of nitrogens with one attached hydrogen (secondary N) is 1. The van der Waals surface area contributed by atoms with Gasteiger partial charge in [-0.1, -0.05) is 0 Å². The second-order valence-corrected chi connectivity index (χ2v) is 6.23. The van der Waals surface area contributed by atoms with Gasteiger partial charge in [0.25, 0.3) is 0 Å². The van der Waals surface area contributed by atoms with E-state index < -0.39 is 0 Å². The molecule has 2 heterocycles. The molecule has 1 aromatic heterocycles. The molecule has 0 aromatic carbocycles. The highest BCUT2D eigenvalue weighted by atomic mass is 16.5. The molecule has 6 nitrogen and oxygen atoms in total. The third kappa shape index (κ3) is 4.30. The zero-order valence-electron chi connectivity index (χ0n) is 13.1. The smallest absolute Gasteiger partial charge is 0.134 e. The third-order valence-corrected chi connectivity index (χ3v) is 4.36. The van der Waals surface area contributed by atoms with Gasteiger partial charge in [0, 0.05) is 32.4 Å². The van der Waals surface area contributed by atoms with Crippen LogP contribution in [0.3, 0.4) is 0 Å². The summed E-state index contributed by atoms with van der Waals surface area (Å²) < 4.78 is 5.62. The van der Waals surface area contributed by atoms with E-state index >= 15 is 0 Å². The minimum absolute atomic E-state index is 0.186. The molecule has 1 aliphatic heterocycles. The summed E-state index contributed by atoms with van der Waals surface area (Å²) in [6.07, 6.45) is 7.39. The van der Waals surface area contributed by atoms with E-state index in [4.69, 9.17) is 4.74 Å². The Balaban J connectivity index is 1.42. The Morgan fingerprint density at radius 1 is 1.32 bits per heavy atom. The lowest BCUT2D eigenvalue weighted by molar-refractivity contribution is 0.124. The number of anilines is 2. The molecule has 2 N–H and O–H groups in total. The quantitative estimate of drug-likeness (QED) is 0.676. The number of aliphatic hydroxyl groups excluding tert-OH is 1. The zero-order chi connectivity index (χ0) is 15.2. The number of aliphatic hydroxyl groups is 1. The minimum Gasteiger partial charge on any atom is -0.394 e. The van der Waals surface area contributed by atoms with E-state index in [2.05, 4.69) is 20.2 Å². The van der Waals surface area contributed by atoms with Gasteiger partial charge in [0.2, 0.25) is 0 Å². The Bertz CT molecular complexity index is 467. The van der Waals surface area contributed by atoms with Crippen LogP contribution < -0.4 is 10.2 Å². The van der Waals surface area contributed by atoms with Crippen molar-refractivity contribution in [2.75, 3.05) is 43.1 Å². The van der Waals surface area contributed by atoms with E-state index in [1.807, 2.05) is 6.07 Å². The van der Waals surface area contributed by atoms with Crippen molar-refractivity contribution in [1.29, 1.82) is 0 Å². The van der Waals surface area contributed by atoms with Crippen LogP contribution in [0, 0.1) is 5.92 Å². The Morgan fingerprint density at radius 2 is 2.23 bits per heavy atom. The highest BCUT2D eigenvalue weighted by molar-refractivity contribution is 5.49. The number of rotatable bonds is 9. The highest BCUT2D eigenvalue weighted by Gasteiger charge is 2.25. The van der Waals surface area contributed by atoms with Crippen LogP contribution in [-0.4, -0.2) is 54.0 Å². The van der Waals surface area contributed by atoms with Crippen LogP contribution in [0.15, 0.2) is 12.4 Å². The van der Waals surface area contributed by atoms with Gasteiger partial charge in [0.1, 0.15) is 18.0 Å². The molecule has 3 rings (SSSR count). The van der Waals surface area contributed by atoms with E-state index in [9.17, 15) is 5.11 Å². The van der Waals surface area contributed by atoms with Gasteiger partial charge >= 0.3 is 0 Å². The second-order valence-electron chi connectivity index (χ2n) is 6.23. The molecule has 2 aliphatic rings. The van der Waals surface area contributed by atoms with Gasteiger partial charge in [-0.25, -0.2) is 9.97 Å². The van der Waals surface area contributed by atoms with Crippen LogP contribution in [-0.2, 0) is 4.74 Å². The summed E-state index contributed by atoms with van der Waals surface area (Å²) in [4.78, 5) is 10.8. The van der Waals surface area contributed by atoms with E-state index in [-0.39, 0.29) is 12.6 Å². The number of ether oxygens (including phenoxy) is 1. The van der Waals surface area contributed by atoms with E-state index in [1.54, 1.807) is 6.33 Å². The van der Waals surface area contributed by atoms with Crippen molar-refractivity contribution in [2.24, 2.45) is 5.92 Å². The molecule has 22 heavy (non-hydrogen) atoms. The largest absolute Gasteiger partial charge is 0.394 e. The van der Waals surface area contributed by atoms with E-state index in [1.165, 1.54) is 12.8 Å². The van der Waals surface area contributed by atoms with Gasteiger partial charge < -0.3 is 20.1 Å². The monoisotopic (exact) mass is 306 g/mol. The average molecular weight is 306 g/mol. The summed E-state index contributed by atoms with van der Waals surface area (Å²) in [5.74, 6) is 2.58. The lowest BCUT2D eigenvalue weighted by Gasteiger charge is -2.24. The van der Waals surface area contributed by atoms with Crippen molar-refractivity contribution in [3.63, 3.8) is 0 Å². The molecule has 0 radical (unpaired) electrons. The van der Waals surface area contributed by atoms with Gasteiger partial charge in [0.05, 0.1) is 12.6 Å². The normalized spacial score (nSPS) is 21.3. The molecular formula is C16H26N4O2. The van der Waals surface area contributed by atoms with Gasteiger partial charge in [-0.05, 0) is 38.0 Å². The molecular weight excluding hydrogens is 280 g/mol. The summed E-state index contributed by atoms with van der Waals surface area (Å²) >= 11 is 0. The van der Waals surface area contributed by atoms with Crippen LogP contribution in [0.25, 0.3) is 0 Å². The lowest BCUT2D eigenvalue weighted by Crippen LogP contribution is -2.32. The highest BCUT2D eigenvalue weighted by Crippen LogP contribution is 2.28. The van der Waals surface area contributed by atoms with Crippen molar-refractivity contribution in [2.45, 2.75) is 38.1 Å². The van der Waals surface area contributed by atoms with Crippen LogP contribution in [0.2, 0.25) is 0 Å². The Labute approximate surface area is 131 Å². The molecule has 1 saturated heterocycles. The van der Waals surface area contributed by atoms with Crippen molar-refractivity contribution in [3.8, 4) is 0 Å². The SMILES string of the molecule is OC[C@@H]1CCCN1c1cc(NCCCOCC2CC2)ncn1. The molecule has 0 spiro atoms. The van der Waals surface area contributed by atoms with E-state index in [0.29, 0.717) is 0 Å². The molecule has 0 bridgehead atoms.